The van der Waals surface area contributed by atoms with Gasteiger partial charge in [-0.1, -0.05) is 11.6 Å². The molecule has 0 radical (unpaired) electrons. The Labute approximate surface area is 140 Å². The second-order valence-electron chi connectivity index (χ2n) is 6.18. The van der Waals surface area contributed by atoms with Crippen molar-refractivity contribution >= 4 is 22.5 Å². The lowest BCUT2D eigenvalue weighted by molar-refractivity contribution is 0.120. The molecule has 24 heavy (non-hydrogen) atoms. The molecule has 7 heteroatoms. The van der Waals surface area contributed by atoms with Crippen molar-refractivity contribution in [3.05, 3.63) is 29.6 Å². The number of ether oxygens (including phenoxy) is 2. The number of nitrogens with zero attached hydrogens (tertiary/aromatic N) is 4. The first-order chi connectivity index (χ1) is 11.8. The topological polar surface area (TPSA) is 73.6 Å². The van der Waals surface area contributed by atoms with Gasteiger partial charge in [0.15, 0.2) is 11.5 Å². The zero-order valence-electron chi connectivity index (χ0n) is 14.0. The molecule has 7 nitrogen and oxygen atoms in total. The Morgan fingerprint density at radius 1 is 1.38 bits per heavy atom. The van der Waals surface area contributed by atoms with Gasteiger partial charge in [0.1, 0.15) is 6.61 Å². The first-order valence-corrected chi connectivity index (χ1v) is 8.25. The molecule has 126 valence electrons. The molecule has 0 aliphatic carbocycles. The molecule has 0 amide bonds. The van der Waals surface area contributed by atoms with Gasteiger partial charge in [-0.05, 0) is 31.9 Å². The zero-order valence-corrected chi connectivity index (χ0v) is 14.0. The van der Waals surface area contributed by atoms with E-state index >= 15 is 0 Å². The van der Waals surface area contributed by atoms with Crippen molar-refractivity contribution in [2.24, 2.45) is 0 Å². The summed E-state index contributed by atoms with van der Waals surface area (Å²) in [5.41, 5.74) is 2.87. The van der Waals surface area contributed by atoms with Gasteiger partial charge in [-0.3, -0.25) is 0 Å². The highest BCUT2D eigenvalue weighted by Gasteiger charge is 2.18. The molecule has 3 heterocycles. The van der Waals surface area contributed by atoms with E-state index < -0.39 is 0 Å². The number of anilines is 1. The Bertz CT molecular complexity index is 870. The number of methoxy groups -OCH3 is 1. The van der Waals surface area contributed by atoms with Crippen LogP contribution in [0.4, 0.5) is 5.95 Å². The molecule has 1 aliphatic heterocycles. The van der Waals surface area contributed by atoms with Crippen molar-refractivity contribution < 1.29 is 9.47 Å². The van der Waals surface area contributed by atoms with E-state index in [1.807, 2.05) is 10.5 Å². The van der Waals surface area contributed by atoms with Crippen molar-refractivity contribution in [1.29, 1.82) is 0 Å². The fourth-order valence-corrected chi connectivity index (χ4v) is 3.16. The summed E-state index contributed by atoms with van der Waals surface area (Å²) in [5.74, 6) is 1.46. The molecule has 4 rings (SSSR count). The average molecular weight is 327 g/mol. The van der Waals surface area contributed by atoms with Gasteiger partial charge < -0.3 is 14.8 Å². The second-order valence-corrected chi connectivity index (χ2v) is 6.18. The molecular formula is C17H21N5O2. The highest BCUT2D eigenvalue weighted by Crippen LogP contribution is 2.24. The van der Waals surface area contributed by atoms with E-state index in [2.05, 4.69) is 34.6 Å². The lowest BCUT2D eigenvalue weighted by Gasteiger charge is -2.14. The summed E-state index contributed by atoms with van der Waals surface area (Å²) in [5, 5.41) is 13.1. The van der Waals surface area contributed by atoms with Gasteiger partial charge in [-0.25, -0.2) is 9.38 Å². The fraction of sp³-hybridized carbons (Fsp3) is 0.471. The first kappa shape index (κ1) is 15.3. The van der Waals surface area contributed by atoms with Crippen LogP contribution in [0.2, 0.25) is 0 Å². The van der Waals surface area contributed by atoms with Gasteiger partial charge in [0.2, 0.25) is 5.95 Å². The Balaban J connectivity index is 1.81. The van der Waals surface area contributed by atoms with Crippen LogP contribution < -0.4 is 5.32 Å². The van der Waals surface area contributed by atoms with Crippen molar-refractivity contribution in [1.82, 2.24) is 19.6 Å². The summed E-state index contributed by atoms with van der Waals surface area (Å²) >= 11 is 0. The quantitative estimate of drug-likeness (QED) is 0.775. The van der Waals surface area contributed by atoms with E-state index in [-0.39, 0.29) is 6.10 Å². The SMILES string of the molecule is COCc1nnc2c3cc(C)ccc3nc(NCC3CCCO3)n12. The normalized spacial score (nSPS) is 17.8. The standard InChI is InChI=1S/C17H21N5O2/c1-11-5-6-14-13(8-11)16-21-20-15(10-23-2)22(16)17(19-14)18-9-12-4-3-7-24-12/h5-6,8,12H,3-4,7,9-10H2,1-2H3,(H,18,19). The minimum absolute atomic E-state index is 0.234. The molecule has 1 fully saturated rings. The van der Waals surface area contributed by atoms with E-state index in [1.165, 1.54) is 5.56 Å². The van der Waals surface area contributed by atoms with Crippen LogP contribution in [0.15, 0.2) is 18.2 Å². The summed E-state index contributed by atoms with van der Waals surface area (Å²) in [4.78, 5) is 4.78. The molecule has 1 aromatic carbocycles. The molecule has 1 atom stereocenters. The minimum atomic E-state index is 0.234. The second kappa shape index (κ2) is 6.33. The third-order valence-corrected chi connectivity index (χ3v) is 4.35. The van der Waals surface area contributed by atoms with Crippen LogP contribution in [0.25, 0.3) is 16.6 Å². The fourth-order valence-electron chi connectivity index (χ4n) is 3.16. The van der Waals surface area contributed by atoms with Crippen LogP contribution in [0.1, 0.15) is 24.2 Å². The summed E-state index contributed by atoms with van der Waals surface area (Å²) in [6.45, 7) is 4.01. The van der Waals surface area contributed by atoms with Crippen molar-refractivity contribution in [3.8, 4) is 0 Å². The first-order valence-electron chi connectivity index (χ1n) is 8.25. The average Bonchev–Trinajstić information content (AvgIpc) is 3.23. The van der Waals surface area contributed by atoms with Crippen molar-refractivity contribution in [3.63, 3.8) is 0 Å². The largest absolute Gasteiger partial charge is 0.377 e. The molecule has 1 unspecified atom stereocenters. The monoisotopic (exact) mass is 327 g/mol. The Hall–Kier alpha value is -2.25. The number of rotatable bonds is 5. The Morgan fingerprint density at radius 3 is 3.08 bits per heavy atom. The molecule has 0 bridgehead atoms. The van der Waals surface area contributed by atoms with Crippen LogP contribution >= 0.6 is 0 Å². The molecule has 2 aromatic heterocycles. The molecule has 3 aromatic rings. The van der Waals surface area contributed by atoms with Crippen LogP contribution in [-0.4, -0.2) is 45.9 Å². The zero-order chi connectivity index (χ0) is 16.5. The maximum absolute atomic E-state index is 5.69. The molecular weight excluding hydrogens is 306 g/mol. The summed E-state index contributed by atoms with van der Waals surface area (Å²) < 4.78 is 12.9. The van der Waals surface area contributed by atoms with Crippen molar-refractivity contribution in [2.75, 3.05) is 25.6 Å². The van der Waals surface area contributed by atoms with Crippen LogP contribution in [-0.2, 0) is 16.1 Å². The number of aromatic nitrogens is 4. The third kappa shape index (κ3) is 2.70. The number of hydrogen-bond donors (Lipinski definition) is 1. The van der Waals surface area contributed by atoms with E-state index in [0.29, 0.717) is 6.61 Å². The van der Waals surface area contributed by atoms with Gasteiger partial charge in [-0.2, -0.15) is 0 Å². The summed E-state index contributed by atoms with van der Waals surface area (Å²) in [6, 6.07) is 6.17. The maximum Gasteiger partial charge on any atom is 0.210 e. The minimum Gasteiger partial charge on any atom is -0.377 e. The molecule has 1 aliphatic rings. The molecule has 0 spiro atoms. The van der Waals surface area contributed by atoms with Crippen molar-refractivity contribution in [2.45, 2.75) is 32.5 Å². The number of fused-ring (bicyclic) bond motifs is 3. The lowest BCUT2D eigenvalue weighted by atomic mass is 10.1. The lowest BCUT2D eigenvalue weighted by Crippen LogP contribution is -2.21. The van der Waals surface area contributed by atoms with Gasteiger partial charge >= 0.3 is 0 Å². The van der Waals surface area contributed by atoms with Gasteiger partial charge in [0.25, 0.3) is 0 Å². The Kier molecular flexibility index (Phi) is 4.03. The number of hydrogen-bond acceptors (Lipinski definition) is 6. The number of nitrogens with one attached hydrogen (secondary N) is 1. The number of aryl methyl sites for hydroxylation is 1. The highest BCUT2D eigenvalue weighted by molar-refractivity contribution is 5.92. The highest BCUT2D eigenvalue weighted by atomic mass is 16.5. The molecule has 1 N–H and O–H groups in total. The summed E-state index contributed by atoms with van der Waals surface area (Å²) in [7, 11) is 1.65. The van der Waals surface area contributed by atoms with Crippen LogP contribution in [0.3, 0.4) is 0 Å². The predicted octanol–water partition coefficient (Wildman–Crippen LogP) is 2.32. The van der Waals surface area contributed by atoms with Gasteiger partial charge in [-0.15, -0.1) is 10.2 Å². The molecule has 0 saturated carbocycles. The van der Waals surface area contributed by atoms with E-state index in [1.54, 1.807) is 7.11 Å². The van der Waals surface area contributed by atoms with Gasteiger partial charge in [0.05, 0.1) is 11.6 Å². The van der Waals surface area contributed by atoms with Gasteiger partial charge in [0, 0.05) is 25.6 Å². The van der Waals surface area contributed by atoms with E-state index in [9.17, 15) is 0 Å². The molecule has 1 saturated heterocycles. The van der Waals surface area contributed by atoms with E-state index in [0.717, 1.165) is 54.3 Å². The van der Waals surface area contributed by atoms with E-state index in [4.69, 9.17) is 14.5 Å². The van der Waals surface area contributed by atoms with Crippen LogP contribution in [0.5, 0.6) is 0 Å². The third-order valence-electron chi connectivity index (χ3n) is 4.35. The summed E-state index contributed by atoms with van der Waals surface area (Å²) in [6.07, 6.45) is 2.43. The number of benzene rings is 1. The van der Waals surface area contributed by atoms with Crippen LogP contribution in [0, 0.1) is 6.92 Å². The maximum atomic E-state index is 5.69. The Morgan fingerprint density at radius 2 is 2.29 bits per heavy atom. The predicted molar refractivity (Wildman–Crippen MR) is 91.2 cm³/mol. The smallest absolute Gasteiger partial charge is 0.210 e.